The number of hydrogen-bond donors (Lipinski definition) is 3. The molecule has 2 unspecified atom stereocenters. The second kappa shape index (κ2) is 12.6. The van der Waals surface area contributed by atoms with Gasteiger partial charge in [-0.1, -0.05) is 6.08 Å². The van der Waals surface area contributed by atoms with Crippen molar-refractivity contribution in [3.63, 3.8) is 0 Å². The molecule has 2 atom stereocenters. The Balaban J connectivity index is 1.04. The number of nitrogens with one attached hydrogen (secondary N) is 3. The maximum Gasteiger partial charge on any atom is 0.389 e. The summed E-state index contributed by atoms with van der Waals surface area (Å²) in [6.07, 6.45) is 1.28. The Morgan fingerprint density at radius 3 is 2.75 bits per heavy atom. The van der Waals surface area contributed by atoms with Gasteiger partial charge in [-0.3, -0.25) is 9.59 Å². The number of fused-ring (bicyclic) bond motifs is 1. The fourth-order valence-electron chi connectivity index (χ4n) is 6.24. The van der Waals surface area contributed by atoms with Crippen LogP contribution in [-0.4, -0.2) is 82.4 Å². The average Bonchev–Trinajstić information content (AvgIpc) is 3.62. The lowest BCUT2D eigenvalue weighted by molar-refractivity contribution is -0.148. The molecule has 1 spiro atoms. The molecule has 0 aliphatic carbocycles. The van der Waals surface area contributed by atoms with Gasteiger partial charge in [0.25, 0.3) is 5.91 Å². The molecule has 0 saturated carbocycles. The molecule has 2 saturated heterocycles. The number of anilines is 2. The standard InChI is InChI=1S/C31H36F3N7O3/c32-31(33,34)12-8-26(42)40-15-9-22(10-16-40)25-3-1-14-41-27(25)38-29(39-41)37-24-6-4-23(5-7-24)28(43)36-18-21-17-30(44-19-21)11-2-13-35-20-30/h1,3-7,9,14,21,35H,2,8,10-13,15-20H2,(H,36,43)(H,37,39). The van der Waals surface area contributed by atoms with E-state index in [4.69, 9.17) is 4.74 Å². The third-order valence-electron chi connectivity index (χ3n) is 8.57. The molecule has 3 aliphatic rings. The van der Waals surface area contributed by atoms with Gasteiger partial charge in [-0.05, 0) is 74.2 Å². The molecule has 5 heterocycles. The first-order chi connectivity index (χ1) is 21.2. The molecule has 3 N–H and O–H groups in total. The van der Waals surface area contributed by atoms with E-state index in [1.165, 1.54) is 4.90 Å². The Morgan fingerprint density at radius 1 is 1.18 bits per heavy atom. The van der Waals surface area contributed by atoms with E-state index in [0.29, 0.717) is 49.2 Å². The van der Waals surface area contributed by atoms with Gasteiger partial charge < -0.3 is 25.6 Å². The third kappa shape index (κ3) is 7.05. The Kier molecular flexibility index (Phi) is 8.59. The molecular formula is C31H36F3N7O3. The minimum absolute atomic E-state index is 0.0785. The molecule has 2 fully saturated rings. The second-order valence-corrected chi connectivity index (χ2v) is 11.8. The third-order valence-corrected chi connectivity index (χ3v) is 8.57. The summed E-state index contributed by atoms with van der Waals surface area (Å²) >= 11 is 0. The summed E-state index contributed by atoms with van der Waals surface area (Å²) in [6.45, 7) is 3.75. The topological polar surface area (TPSA) is 113 Å². The molecule has 10 nitrogen and oxygen atoms in total. The van der Waals surface area contributed by atoms with Gasteiger partial charge in [0.2, 0.25) is 11.9 Å². The van der Waals surface area contributed by atoms with Gasteiger partial charge >= 0.3 is 6.18 Å². The Hall–Kier alpha value is -3.97. The van der Waals surface area contributed by atoms with Crippen LogP contribution in [0, 0.1) is 5.92 Å². The number of carbonyl (C=O) groups excluding carboxylic acids is 2. The summed E-state index contributed by atoms with van der Waals surface area (Å²) in [5.41, 5.74) is 3.63. The van der Waals surface area contributed by atoms with Crippen LogP contribution >= 0.6 is 0 Å². The quantitative estimate of drug-likeness (QED) is 0.348. The van der Waals surface area contributed by atoms with E-state index < -0.39 is 24.9 Å². The van der Waals surface area contributed by atoms with Gasteiger partial charge in [0, 0.05) is 61.5 Å². The summed E-state index contributed by atoms with van der Waals surface area (Å²) in [5, 5.41) is 14.2. The number of hydrogen-bond acceptors (Lipinski definition) is 7. The van der Waals surface area contributed by atoms with E-state index in [0.717, 1.165) is 49.2 Å². The van der Waals surface area contributed by atoms with Crippen LogP contribution in [0.2, 0.25) is 0 Å². The summed E-state index contributed by atoms with van der Waals surface area (Å²) in [7, 11) is 0. The van der Waals surface area contributed by atoms with Crippen molar-refractivity contribution >= 4 is 34.7 Å². The lowest BCUT2D eigenvalue weighted by atomic mass is 9.87. The number of piperidine rings is 1. The average molecular weight is 612 g/mol. The van der Waals surface area contributed by atoms with Gasteiger partial charge in [-0.25, -0.2) is 4.52 Å². The minimum Gasteiger partial charge on any atom is -0.373 e. The van der Waals surface area contributed by atoms with Crippen LogP contribution in [0.5, 0.6) is 0 Å². The van der Waals surface area contributed by atoms with Crippen LogP contribution in [-0.2, 0) is 9.53 Å². The molecule has 2 aromatic heterocycles. The number of rotatable bonds is 8. The van der Waals surface area contributed by atoms with E-state index in [9.17, 15) is 22.8 Å². The van der Waals surface area contributed by atoms with E-state index in [1.807, 2.05) is 18.2 Å². The molecule has 6 rings (SSSR count). The molecule has 3 aromatic rings. The van der Waals surface area contributed by atoms with Gasteiger partial charge in [-0.2, -0.15) is 18.2 Å². The summed E-state index contributed by atoms with van der Waals surface area (Å²) in [4.78, 5) is 31.1. The van der Waals surface area contributed by atoms with Crippen molar-refractivity contribution in [1.82, 2.24) is 30.1 Å². The maximum absolute atomic E-state index is 12.8. The molecule has 13 heteroatoms. The molecule has 44 heavy (non-hydrogen) atoms. The number of ether oxygens (including phenoxy) is 1. The van der Waals surface area contributed by atoms with Gasteiger partial charge in [0.05, 0.1) is 18.6 Å². The number of alkyl halides is 3. The van der Waals surface area contributed by atoms with Crippen molar-refractivity contribution in [2.45, 2.75) is 50.3 Å². The van der Waals surface area contributed by atoms with Crippen molar-refractivity contribution in [1.29, 1.82) is 0 Å². The van der Waals surface area contributed by atoms with Gasteiger partial charge in [0.1, 0.15) is 0 Å². The van der Waals surface area contributed by atoms with Gasteiger partial charge in [0.15, 0.2) is 5.65 Å². The lowest BCUT2D eigenvalue weighted by Gasteiger charge is -2.33. The molecule has 0 radical (unpaired) electrons. The zero-order valence-corrected chi connectivity index (χ0v) is 24.3. The predicted molar refractivity (Wildman–Crippen MR) is 158 cm³/mol. The van der Waals surface area contributed by atoms with E-state index >= 15 is 0 Å². The highest BCUT2D eigenvalue weighted by Crippen LogP contribution is 2.35. The maximum atomic E-state index is 12.8. The zero-order chi connectivity index (χ0) is 30.7. The molecule has 3 aliphatic heterocycles. The predicted octanol–water partition coefficient (Wildman–Crippen LogP) is 4.32. The monoisotopic (exact) mass is 611 g/mol. The fourth-order valence-corrected chi connectivity index (χ4v) is 6.24. The van der Waals surface area contributed by atoms with Crippen molar-refractivity contribution in [3.8, 4) is 0 Å². The highest BCUT2D eigenvalue weighted by molar-refractivity contribution is 5.94. The van der Waals surface area contributed by atoms with Gasteiger partial charge in [-0.15, -0.1) is 5.10 Å². The first-order valence-corrected chi connectivity index (χ1v) is 15.1. The van der Waals surface area contributed by atoms with Crippen LogP contribution in [0.4, 0.5) is 24.8 Å². The normalized spacial score (nSPS) is 22.3. The Bertz CT molecular complexity index is 1530. The van der Waals surface area contributed by atoms with E-state index in [1.54, 1.807) is 35.0 Å². The van der Waals surface area contributed by atoms with Crippen LogP contribution in [0.3, 0.4) is 0 Å². The molecular weight excluding hydrogens is 575 g/mol. The summed E-state index contributed by atoms with van der Waals surface area (Å²) in [5.74, 6) is 0.0560. The summed E-state index contributed by atoms with van der Waals surface area (Å²) in [6, 6.07) is 10.9. The minimum atomic E-state index is -4.35. The smallest absolute Gasteiger partial charge is 0.373 e. The van der Waals surface area contributed by atoms with Crippen molar-refractivity contribution in [2.75, 3.05) is 44.6 Å². The number of carbonyl (C=O) groups is 2. The molecule has 1 aromatic carbocycles. The highest BCUT2D eigenvalue weighted by atomic mass is 19.4. The number of halogens is 3. The zero-order valence-electron chi connectivity index (χ0n) is 24.3. The van der Waals surface area contributed by atoms with Crippen LogP contribution < -0.4 is 16.0 Å². The van der Waals surface area contributed by atoms with Crippen molar-refractivity contribution < 1.29 is 27.5 Å². The van der Waals surface area contributed by atoms with Crippen LogP contribution in [0.25, 0.3) is 11.2 Å². The second-order valence-electron chi connectivity index (χ2n) is 11.8. The lowest BCUT2D eigenvalue weighted by Crippen LogP contribution is -2.45. The highest BCUT2D eigenvalue weighted by Gasteiger charge is 2.41. The number of pyridine rings is 1. The largest absolute Gasteiger partial charge is 0.389 e. The van der Waals surface area contributed by atoms with Crippen LogP contribution in [0.1, 0.15) is 54.4 Å². The number of amides is 2. The molecule has 2 amide bonds. The molecule has 0 bridgehead atoms. The van der Waals surface area contributed by atoms with Crippen LogP contribution in [0.15, 0.2) is 48.7 Å². The number of nitrogens with zero attached hydrogens (tertiary/aromatic N) is 4. The van der Waals surface area contributed by atoms with E-state index in [2.05, 4.69) is 26.0 Å². The fraction of sp³-hybridized carbons (Fsp3) is 0.484. The number of aromatic nitrogens is 3. The SMILES string of the molecule is O=C(NCC1COC2(CCCNC2)C1)c1ccc(Nc2nc3c(C4=CCN(C(=O)CCC(F)(F)F)CC4)cccn3n2)cc1. The Morgan fingerprint density at radius 2 is 2.02 bits per heavy atom. The number of benzene rings is 1. The Labute approximate surface area is 253 Å². The molecule has 234 valence electrons. The first kappa shape index (κ1) is 30.1. The van der Waals surface area contributed by atoms with Crippen molar-refractivity contribution in [2.24, 2.45) is 5.92 Å². The summed E-state index contributed by atoms with van der Waals surface area (Å²) < 4.78 is 45.3. The first-order valence-electron chi connectivity index (χ1n) is 15.1. The van der Waals surface area contributed by atoms with Crippen molar-refractivity contribution in [3.05, 3.63) is 59.8 Å². The van der Waals surface area contributed by atoms with E-state index in [-0.39, 0.29) is 18.1 Å².